The number of hydrogen-bond donors (Lipinski definition) is 0. The summed E-state index contributed by atoms with van der Waals surface area (Å²) in [5.74, 6) is 1.52. The summed E-state index contributed by atoms with van der Waals surface area (Å²) in [5, 5.41) is 3.97. The van der Waals surface area contributed by atoms with Crippen LogP contribution in [0.1, 0.15) is 30.5 Å². The number of rotatable bonds is 4. The Labute approximate surface area is 110 Å². The van der Waals surface area contributed by atoms with E-state index in [-0.39, 0.29) is 5.97 Å². The Hall–Kier alpha value is -1.47. The average molecular weight is 267 g/mol. The summed E-state index contributed by atoms with van der Waals surface area (Å²) in [6.07, 6.45) is 2.28. The van der Waals surface area contributed by atoms with Crippen LogP contribution in [-0.2, 0) is 20.8 Å². The van der Waals surface area contributed by atoms with Gasteiger partial charge in [0.1, 0.15) is 6.04 Å². The van der Waals surface area contributed by atoms with Crippen LogP contribution >= 0.6 is 0 Å². The molecule has 0 bridgehead atoms. The lowest BCUT2D eigenvalue weighted by Crippen LogP contribution is -2.49. The van der Waals surface area contributed by atoms with Crippen molar-refractivity contribution in [2.45, 2.75) is 31.3 Å². The Morgan fingerprint density at radius 1 is 1.53 bits per heavy atom. The summed E-state index contributed by atoms with van der Waals surface area (Å²) in [6, 6.07) is -0.393. The smallest absolute Gasteiger partial charge is 0.325 e. The Bertz CT molecular complexity index is 458. The highest BCUT2D eigenvalue weighted by Gasteiger charge is 2.33. The maximum Gasteiger partial charge on any atom is 0.325 e. The lowest BCUT2D eigenvalue weighted by atomic mass is 10.2. The molecule has 0 spiro atoms. The fourth-order valence-electron chi connectivity index (χ4n) is 2.19. The molecule has 1 saturated carbocycles. The second-order valence-corrected chi connectivity index (χ2v) is 4.90. The van der Waals surface area contributed by atoms with Gasteiger partial charge in [0.05, 0.1) is 26.9 Å². The third-order valence-corrected chi connectivity index (χ3v) is 3.48. The minimum Gasteiger partial charge on any atom is -0.468 e. The van der Waals surface area contributed by atoms with Crippen LogP contribution in [-0.4, -0.2) is 53.9 Å². The number of aromatic nitrogens is 2. The van der Waals surface area contributed by atoms with Gasteiger partial charge < -0.3 is 14.0 Å². The molecule has 1 saturated heterocycles. The number of carbonyl (C=O) groups excluding carboxylic acids is 1. The van der Waals surface area contributed by atoms with E-state index >= 15 is 0 Å². The van der Waals surface area contributed by atoms with Gasteiger partial charge in [0, 0.05) is 12.5 Å². The number of morpholine rings is 1. The number of esters is 1. The molecule has 1 aliphatic heterocycles. The molecule has 2 heterocycles. The first-order valence-corrected chi connectivity index (χ1v) is 6.50. The van der Waals surface area contributed by atoms with Crippen molar-refractivity contribution in [3.05, 3.63) is 11.7 Å². The molecule has 0 radical (unpaired) electrons. The van der Waals surface area contributed by atoms with Crippen LogP contribution in [0.2, 0.25) is 0 Å². The van der Waals surface area contributed by atoms with Crippen molar-refractivity contribution in [3.8, 4) is 0 Å². The van der Waals surface area contributed by atoms with E-state index in [4.69, 9.17) is 14.0 Å². The molecule has 7 nitrogen and oxygen atoms in total. The highest BCUT2D eigenvalue weighted by atomic mass is 16.5. The van der Waals surface area contributed by atoms with Crippen LogP contribution in [0.4, 0.5) is 0 Å². The van der Waals surface area contributed by atoms with E-state index < -0.39 is 6.04 Å². The highest BCUT2D eigenvalue weighted by molar-refractivity contribution is 5.75. The summed E-state index contributed by atoms with van der Waals surface area (Å²) < 4.78 is 15.3. The third kappa shape index (κ3) is 2.76. The number of hydrogen-bond acceptors (Lipinski definition) is 7. The quantitative estimate of drug-likeness (QED) is 0.727. The van der Waals surface area contributed by atoms with Gasteiger partial charge in [0.25, 0.3) is 0 Å². The van der Waals surface area contributed by atoms with Crippen molar-refractivity contribution >= 4 is 5.97 Å². The Morgan fingerprint density at radius 2 is 2.37 bits per heavy atom. The third-order valence-electron chi connectivity index (χ3n) is 3.48. The van der Waals surface area contributed by atoms with Gasteiger partial charge in [-0.15, -0.1) is 0 Å². The summed E-state index contributed by atoms with van der Waals surface area (Å²) >= 11 is 0. The normalized spacial score (nSPS) is 24.4. The standard InChI is InChI=1S/C12H17N3O4/c1-17-12(16)9-7-18-5-4-15(9)6-10-13-11(14-19-10)8-2-3-8/h8-9H,2-7H2,1H3. The van der Waals surface area contributed by atoms with Crippen LogP contribution in [0, 0.1) is 0 Å². The summed E-state index contributed by atoms with van der Waals surface area (Å²) in [6.45, 7) is 2.05. The number of carbonyl (C=O) groups is 1. The molecule has 0 N–H and O–H groups in total. The number of methoxy groups -OCH3 is 1. The number of ether oxygens (including phenoxy) is 2. The molecule has 1 atom stereocenters. The predicted octanol–water partition coefficient (Wildman–Crippen LogP) is 0.321. The van der Waals surface area contributed by atoms with Crippen molar-refractivity contribution < 1.29 is 18.8 Å². The summed E-state index contributed by atoms with van der Waals surface area (Å²) in [7, 11) is 1.38. The Morgan fingerprint density at radius 3 is 3.11 bits per heavy atom. The van der Waals surface area contributed by atoms with Crippen LogP contribution in [0.3, 0.4) is 0 Å². The van der Waals surface area contributed by atoms with Gasteiger partial charge in [0.15, 0.2) is 5.82 Å². The number of nitrogens with zero attached hydrogens (tertiary/aromatic N) is 3. The SMILES string of the molecule is COC(=O)C1COCCN1Cc1nc(C2CC2)no1. The van der Waals surface area contributed by atoms with Crippen LogP contribution in [0.25, 0.3) is 0 Å². The average Bonchev–Trinajstić information content (AvgIpc) is 3.19. The maximum atomic E-state index is 11.7. The van der Waals surface area contributed by atoms with Gasteiger partial charge >= 0.3 is 5.97 Å². The fraction of sp³-hybridized carbons (Fsp3) is 0.750. The maximum absolute atomic E-state index is 11.7. The van der Waals surface area contributed by atoms with E-state index in [0.29, 0.717) is 38.1 Å². The van der Waals surface area contributed by atoms with E-state index in [0.717, 1.165) is 18.7 Å². The van der Waals surface area contributed by atoms with Gasteiger partial charge in [-0.1, -0.05) is 5.16 Å². The zero-order valence-electron chi connectivity index (χ0n) is 10.9. The lowest BCUT2D eigenvalue weighted by molar-refractivity contribution is -0.153. The lowest BCUT2D eigenvalue weighted by Gasteiger charge is -2.32. The van der Waals surface area contributed by atoms with Crippen molar-refractivity contribution in [2.24, 2.45) is 0 Å². The molecule has 7 heteroatoms. The summed E-state index contributed by atoms with van der Waals surface area (Å²) in [4.78, 5) is 18.0. The minimum absolute atomic E-state index is 0.290. The topological polar surface area (TPSA) is 77.7 Å². The van der Waals surface area contributed by atoms with Crippen LogP contribution < -0.4 is 0 Å². The molecule has 104 valence electrons. The monoisotopic (exact) mass is 267 g/mol. The fourth-order valence-corrected chi connectivity index (χ4v) is 2.19. The molecule has 2 fully saturated rings. The highest BCUT2D eigenvalue weighted by Crippen LogP contribution is 2.38. The van der Waals surface area contributed by atoms with Crippen molar-refractivity contribution in [1.82, 2.24) is 15.0 Å². The van der Waals surface area contributed by atoms with Crippen molar-refractivity contribution in [3.63, 3.8) is 0 Å². The molecular weight excluding hydrogens is 250 g/mol. The van der Waals surface area contributed by atoms with E-state index in [1.54, 1.807) is 0 Å². The van der Waals surface area contributed by atoms with Crippen molar-refractivity contribution in [2.75, 3.05) is 26.9 Å². The predicted molar refractivity (Wildman–Crippen MR) is 63.3 cm³/mol. The molecule has 2 aliphatic rings. The molecule has 19 heavy (non-hydrogen) atoms. The first-order valence-electron chi connectivity index (χ1n) is 6.50. The first kappa shape index (κ1) is 12.6. The minimum atomic E-state index is -0.393. The van der Waals surface area contributed by atoms with Gasteiger partial charge in [0.2, 0.25) is 5.89 Å². The van der Waals surface area contributed by atoms with E-state index in [2.05, 4.69) is 10.1 Å². The molecule has 1 aliphatic carbocycles. The van der Waals surface area contributed by atoms with Gasteiger partial charge in [-0.25, -0.2) is 0 Å². The molecule has 0 aromatic carbocycles. The van der Waals surface area contributed by atoms with Gasteiger partial charge in [-0.2, -0.15) is 4.98 Å². The van der Waals surface area contributed by atoms with Crippen LogP contribution in [0.15, 0.2) is 4.52 Å². The van der Waals surface area contributed by atoms with E-state index in [1.807, 2.05) is 4.90 Å². The van der Waals surface area contributed by atoms with E-state index in [1.165, 1.54) is 7.11 Å². The molecule has 1 unspecified atom stereocenters. The Kier molecular flexibility index (Phi) is 3.48. The zero-order valence-corrected chi connectivity index (χ0v) is 10.9. The molecule has 0 amide bonds. The van der Waals surface area contributed by atoms with Crippen LogP contribution in [0.5, 0.6) is 0 Å². The second-order valence-electron chi connectivity index (χ2n) is 4.90. The molecule has 1 aromatic heterocycles. The first-order chi connectivity index (χ1) is 9.28. The van der Waals surface area contributed by atoms with E-state index in [9.17, 15) is 4.79 Å². The largest absolute Gasteiger partial charge is 0.468 e. The second kappa shape index (κ2) is 5.26. The Balaban J connectivity index is 1.66. The van der Waals surface area contributed by atoms with Crippen molar-refractivity contribution in [1.29, 1.82) is 0 Å². The van der Waals surface area contributed by atoms with Gasteiger partial charge in [-0.05, 0) is 12.8 Å². The molecular formula is C12H17N3O4. The molecule has 3 rings (SSSR count). The molecule has 1 aromatic rings. The zero-order chi connectivity index (χ0) is 13.2. The van der Waals surface area contributed by atoms with Gasteiger partial charge in [-0.3, -0.25) is 9.69 Å². The summed E-state index contributed by atoms with van der Waals surface area (Å²) in [5.41, 5.74) is 0.